The van der Waals surface area contributed by atoms with Crippen molar-refractivity contribution in [1.29, 1.82) is 0 Å². The van der Waals surface area contributed by atoms with E-state index in [1.807, 2.05) is 17.3 Å². The lowest BCUT2D eigenvalue weighted by Gasteiger charge is -2.47. The van der Waals surface area contributed by atoms with E-state index in [9.17, 15) is 4.79 Å². The van der Waals surface area contributed by atoms with Gasteiger partial charge in [0.05, 0.1) is 12.2 Å². The number of nitrogens with one attached hydrogen (secondary N) is 3. The van der Waals surface area contributed by atoms with E-state index in [1.54, 1.807) is 0 Å². The molecule has 0 saturated carbocycles. The summed E-state index contributed by atoms with van der Waals surface area (Å²) in [5.41, 5.74) is 9.09. The maximum absolute atomic E-state index is 12.0. The molecular formula is C27H42N8O. The summed E-state index contributed by atoms with van der Waals surface area (Å²) >= 11 is 0. The number of aromatic nitrogens is 2. The zero-order chi connectivity index (χ0) is 25.5. The van der Waals surface area contributed by atoms with Crippen molar-refractivity contribution in [2.75, 3.05) is 42.9 Å². The summed E-state index contributed by atoms with van der Waals surface area (Å²) < 4.78 is 0. The molecule has 5 rings (SSSR count). The molecule has 1 amide bonds. The minimum absolute atomic E-state index is 0.0338. The van der Waals surface area contributed by atoms with Crippen molar-refractivity contribution in [2.45, 2.75) is 65.8 Å². The van der Waals surface area contributed by atoms with E-state index >= 15 is 0 Å². The quantitative estimate of drug-likeness (QED) is 0.476. The van der Waals surface area contributed by atoms with Gasteiger partial charge < -0.3 is 20.5 Å². The van der Waals surface area contributed by atoms with Gasteiger partial charge in [0.25, 0.3) is 0 Å². The maximum Gasteiger partial charge on any atom is 0.245 e. The van der Waals surface area contributed by atoms with Crippen molar-refractivity contribution in [3.05, 3.63) is 36.3 Å². The lowest BCUT2D eigenvalue weighted by Crippen LogP contribution is -2.59. The van der Waals surface area contributed by atoms with E-state index < -0.39 is 0 Å². The second-order valence-corrected chi connectivity index (χ2v) is 12.4. The van der Waals surface area contributed by atoms with Crippen LogP contribution in [0, 0.1) is 16.7 Å². The number of hydrazine groups is 2. The highest BCUT2D eigenvalue weighted by molar-refractivity contribution is 5.87. The van der Waals surface area contributed by atoms with Gasteiger partial charge in [-0.2, -0.15) is 4.98 Å². The van der Waals surface area contributed by atoms with Crippen LogP contribution in [0.25, 0.3) is 0 Å². The molecule has 1 aliphatic carbocycles. The Morgan fingerprint density at radius 3 is 2.75 bits per heavy atom. The molecule has 196 valence electrons. The first-order valence-corrected chi connectivity index (χ1v) is 13.4. The van der Waals surface area contributed by atoms with Crippen LogP contribution >= 0.6 is 0 Å². The molecule has 9 nitrogen and oxygen atoms in total. The molecule has 1 atom stereocenters. The maximum atomic E-state index is 12.0. The molecule has 2 saturated heterocycles. The van der Waals surface area contributed by atoms with Crippen LogP contribution in [-0.4, -0.2) is 64.5 Å². The fourth-order valence-corrected chi connectivity index (χ4v) is 6.17. The van der Waals surface area contributed by atoms with Crippen molar-refractivity contribution < 1.29 is 4.79 Å². The molecule has 4 aliphatic rings. The van der Waals surface area contributed by atoms with Crippen LogP contribution in [0.1, 0.15) is 58.2 Å². The molecule has 36 heavy (non-hydrogen) atoms. The van der Waals surface area contributed by atoms with Crippen molar-refractivity contribution in [1.82, 2.24) is 30.8 Å². The molecule has 0 radical (unpaired) electrons. The second kappa shape index (κ2) is 9.57. The number of anilines is 2. The van der Waals surface area contributed by atoms with Crippen LogP contribution in [-0.2, 0) is 17.6 Å². The fraction of sp³-hybridized carbons (Fsp3) is 0.667. The number of likely N-dealkylation sites (tertiary alicyclic amines) is 1. The van der Waals surface area contributed by atoms with E-state index in [0.717, 1.165) is 76.6 Å². The van der Waals surface area contributed by atoms with Crippen LogP contribution in [0.2, 0.25) is 0 Å². The molecule has 1 aromatic rings. The van der Waals surface area contributed by atoms with Gasteiger partial charge in [0.1, 0.15) is 5.82 Å². The molecule has 9 heteroatoms. The molecule has 0 unspecified atom stereocenters. The van der Waals surface area contributed by atoms with Gasteiger partial charge in [0.15, 0.2) is 0 Å². The molecule has 1 spiro atoms. The lowest BCUT2D eigenvalue weighted by molar-refractivity contribution is -0.136. The van der Waals surface area contributed by atoms with E-state index in [0.29, 0.717) is 5.92 Å². The molecule has 0 aromatic carbocycles. The Hall–Kier alpha value is -2.81. The van der Waals surface area contributed by atoms with Crippen LogP contribution in [0.4, 0.5) is 11.8 Å². The lowest BCUT2D eigenvalue weighted by atomic mass is 9.76. The van der Waals surface area contributed by atoms with Gasteiger partial charge in [0, 0.05) is 55.6 Å². The molecule has 0 bridgehead atoms. The van der Waals surface area contributed by atoms with Crippen LogP contribution in [0.15, 0.2) is 25.1 Å². The Kier molecular flexibility index (Phi) is 6.61. The minimum Gasteiger partial charge on any atom is -0.365 e. The van der Waals surface area contributed by atoms with Crippen LogP contribution in [0.3, 0.4) is 0 Å². The number of fused-ring (bicyclic) bond motifs is 1. The number of carbonyl (C=O) groups is 1. The topological polar surface area (TPSA) is 88.7 Å². The number of nitrogens with zero attached hydrogens (tertiary/aromatic N) is 5. The molecule has 3 N–H and O–H groups in total. The van der Waals surface area contributed by atoms with Crippen LogP contribution < -0.4 is 21.2 Å². The monoisotopic (exact) mass is 494 g/mol. The van der Waals surface area contributed by atoms with Gasteiger partial charge in [-0.25, -0.2) is 4.98 Å². The summed E-state index contributed by atoms with van der Waals surface area (Å²) in [6, 6.07) is 0.249. The first-order valence-electron chi connectivity index (χ1n) is 13.4. The first-order chi connectivity index (χ1) is 17.2. The Balaban J connectivity index is 1.39. The average molecular weight is 495 g/mol. The zero-order valence-electron chi connectivity index (χ0n) is 22.3. The summed E-state index contributed by atoms with van der Waals surface area (Å²) in [6.45, 7) is 17.1. The number of hydrogen-bond acceptors (Lipinski definition) is 8. The largest absolute Gasteiger partial charge is 0.365 e. The van der Waals surface area contributed by atoms with E-state index in [4.69, 9.17) is 9.97 Å². The summed E-state index contributed by atoms with van der Waals surface area (Å²) in [6.07, 6.45) is 10.6. The Bertz CT molecular complexity index is 1030. The minimum atomic E-state index is 0.0338. The van der Waals surface area contributed by atoms with Gasteiger partial charge in [-0.05, 0) is 49.5 Å². The summed E-state index contributed by atoms with van der Waals surface area (Å²) in [5, 5.41) is 5.93. The Labute approximate surface area is 215 Å². The normalized spacial score (nSPS) is 22.4. The molecule has 1 aromatic heterocycles. The standard InChI is InChI=1S/C27H42N8O/c1-6-23(36)34-17-27(18-34)9-11-33(16-27)25-30-22-14-26(4,5)8-7-21(22)24(31-25)29-20(13-19(2)3)15-35-12-10-28-32-35/h6,10,12,19-20,28,32H,1,7-9,11,13-18H2,2-5H3,(H,29,30,31)/t20-/m0/s1. The Morgan fingerprint density at radius 1 is 1.25 bits per heavy atom. The summed E-state index contributed by atoms with van der Waals surface area (Å²) in [5.74, 6) is 2.44. The van der Waals surface area contributed by atoms with E-state index in [1.165, 1.54) is 17.3 Å². The molecule has 4 heterocycles. The number of amides is 1. The van der Waals surface area contributed by atoms with Gasteiger partial charge in [-0.3, -0.25) is 9.80 Å². The second-order valence-electron chi connectivity index (χ2n) is 12.4. The van der Waals surface area contributed by atoms with Gasteiger partial charge in [-0.15, -0.1) is 5.53 Å². The van der Waals surface area contributed by atoms with Crippen molar-refractivity contribution in [3.8, 4) is 0 Å². The highest BCUT2D eigenvalue weighted by Crippen LogP contribution is 2.42. The third-order valence-corrected chi connectivity index (χ3v) is 8.10. The smallest absolute Gasteiger partial charge is 0.245 e. The summed E-state index contributed by atoms with van der Waals surface area (Å²) in [7, 11) is 0. The predicted octanol–water partition coefficient (Wildman–Crippen LogP) is 2.84. The third kappa shape index (κ3) is 5.16. The third-order valence-electron chi connectivity index (χ3n) is 8.10. The molecular weight excluding hydrogens is 452 g/mol. The molecule has 2 fully saturated rings. The number of hydrogen-bond donors (Lipinski definition) is 3. The fourth-order valence-electron chi connectivity index (χ4n) is 6.17. The average Bonchev–Trinajstić information content (AvgIpc) is 3.46. The predicted molar refractivity (Wildman–Crippen MR) is 143 cm³/mol. The zero-order valence-corrected chi connectivity index (χ0v) is 22.3. The van der Waals surface area contributed by atoms with Crippen molar-refractivity contribution in [2.24, 2.45) is 16.7 Å². The highest BCUT2D eigenvalue weighted by atomic mass is 16.2. The SMILES string of the molecule is C=CC(=O)N1CC2(CCN(c3nc4c(c(N[C@@H](CC(C)C)CN5C=CNN5)n3)CCC(C)(C)C4)C2)C1. The highest BCUT2D eigenvalue weighted by Gasteiger charge is 2.49. The number of rotatable bonds is 8. The Morgan fingerprint density at radius 2 is 2.06 bits per heavy atom. The van der Waals surface area contributed by atoms with Gasteiger partial charge >= 0.3 is 0 Å². The van der Waals surface area contributed by atoms with E-state index in [2.05, 4.69) is 60.5 Å². The van der Waals surface area contributed by atoms with Gasteiger partial charge in [0.2, 0.25) is 11.9 Å². The first kappa shape index (κ1) is 24.9. The van der Waals surface area contributed by atoms with E-state index in [-0.39, 0.29) is 22.8 Å². The summed E-state index contributed by atoms with van der Waals surface area (Å²) in [4.78, 5) is 26.6. The van der Waals surface area contributed by atoms with Crippen molar-refractivity contribution in [3.63, 3.8) is 0 Å². The van der Waals surface area contributed by atoms with Crippen molar-refractivity contribution >= 4 is 17.7 Å². The molecule has 3 aliphatic heterocycles. The number of carbonyl (C=O) groups excluding carboxylic acids is 1. The van der Waals surface area contributed by atoms with Crippen LogP contribution in [0.5, 0.6) is 0 Å². The van der Waals surface area contributed by atoms with Gasteiger partial charge in [-0.1, -0.05) is 34.3 Å².